The summed E-state index contributed by atoms with van der Waals surface area (Å²) in [6.07, 6.45) is 0. The highest BCUT2D eigenvalue weighted by atomic mass is 32.1. The van der Waals surface area contributed by atoms with Crippen LogP contribution >= 0.6 is 11.3 Å². The molecule has 0 saturated heterocycles. The van der Waals surface area contributed by atoms with E-state index < -0.39 is 0 Å². The highest BCUT2D eigenvalue weighted by molar-refractivity contribution is 7.10. The first-order chi connectivity index (χ1) is 8.56. The van der Waals surface area contributed by atoms with E-state index in [1.54, 1.807) is 24.3 Å². The summed E-state index contributed by atoms with van der Waals surface area (Å²) < 4.78 is 0. The van der Waals surface area contributed by atoms with Crippen molar-refractivity contribution in [3.63, 3.8) is 0 Å². The summed E-state index contributed by atoms with van der Waals surface area (Å²) in [7, 11) is 0. The van der Waals surface area contributed by atoms with Gasteiger partial charge >= 0.3 is 0 Å². The molecule has 6 heteroatoms. The van der Waals surface area contributed by atoms with Gasteiger partial charge in [-0.1, -0.05) is 6.07 Å². The number of nitrogens with one attached hydrogen (secondary N) is 1. The average Bonchev–Trinajstić information content (AvgIpc) is 2.80. The number of anilines is 1. The molecule has 0 aliphatic heterocycles. The maximum atomic E-state index is 12.0. The molecule has 1 unspecified atom stereocenters. The van der Waals surface area contributed by atoms with Crippen LogP contribution in [0.15, 0.2) is 23.6 Å². The number of nitrogens with two attached hydrogens (primary N) is 1. The van der Waals surface area contributed by atoms with Gasteiger partial charge in [-0.15, -0.1) is 11.3 Å². The lowest BCUT2D eigenvalue weighted by Crippen LogP contribution is -2.27. The van der Waals surface area contributed by atoms with E-state index in [0.717, 1.165) is 4.88 Å². The van der Waals surface area contributed by atoms with E-state index in [1.165, 1.54) is 0 Å². The zero-order valence-electron chi connectivity index (χ0n) is 10.2. The Labute approximate surface area is 109 Å². The van der Waals surface area contributed by atoms with Gasteiger partial charge in [-0.05, 0) is 31.4 Å². The fourth-order valence-electron chi connectivity index (χ4n) is 1.59. The molecule has 0 bridgehead atoms. The van der Waals surface area contributed by atoms with Crippen LogP contribution in [0.2, 0.25) is 0 Å². The van der Waals surface area contributed by atoms with Crippen LogP contribution in [0.3, 0.4) is 0 Å². The van der Waals surface area contributed by atoms with Gasteiger partial charge in [-0.2, -0.15) is 0 Å². The van der Waals surface area contributed by atoms with Gasteiger partial charge in [0.15, 0.2) is 0 Å². The Kier molecular flexibility index (Phi) is 3.57. The summed E-state index contributed by atoms with van der Waals surface area (Å²) in [5.74, 6) is -0.128. The normalized spacial score (nSPS) is 12.1. The lowest BCUT2D eigenvalue weighted by atomic mass is 10.2. The summed E-state index contributed by atoms with van der Waals surface area (Å²) in [6, 6.07) is 5.51. The van der Waals surface area contributed by atoms with Gasteiger partial charge in [0, 0.05) is 10.6 Å². The molecule has 5 nitrogen and oxygen atoms in total. The van der Waals surface area contributed by atoms with Crippen LogP contribution in [0.1, 0.15) is 34.0 Å². The van der Waals surface area contributed by atoms with Crippen molar-refractivity contribution in [2.24, 2.45) is 0 Å². The Morgan fingerprint density at radius 2 is 2.28 bits per heavy atom. The molecule has 0 fully saturated rings. The molecule has 94 valence electrons. The standard InChI is InChI=1S/C12H14N4OS/c1-7-6-9(16-12(13)14-7)11(17)15-8(2)10-4-3-5-18-10/h3-6,8H,1-2H3,(H,15,17)(H2,13,14,16). The number of hydrogen-bond donors (Lipinski definition) is 2. The Bertz CT molecular complexity index is 533. The zero-order valence-corrected chi connectivity index (χ0v) is 11.0. The SMILES string of the molecule is Cc1cc(C(=O)NC(C)c2cccs2)nc(N)n1. The van der Waals surface area contributed by atoms with E-state index in [1.807, 2.05) is 24.4 Å². The summed E-state index contributed by atoms with van der Waals surface area (Å²) in [5.41, 5.74) is 6.49. The second-order valence-electron chi connectivity index (χ2n) is 3.96. The van der Waals surface area contributed by atoms with Gasteiger partial charge in [-0.25, -0.2) is 9.97 Å². The third-order valence-electron chi connectivity index (χ3n) is 2.42. The number of nitrogen functional groups attached to an aromatic ring is 1. The number of amides is 1. The predicted molar refractivity (Wildman–Crippen MR) is 71.4 cm³/mol. The first kappa shape index (κ1) is 12.5. The topological polar surface area (TPSA) is 80.9 Å². The van der Waals surface area contributed by atoms with Crippen LogP contribution in [-0.2, 0) is 0 Å². The number of carbonyl (C=O) groups excluding carboxylic acids is 1. The van der Waals surface area contributed by atoms with E-state index in [-0.39, 0.29) is 17.9 Å². The summed E-state index contributed by atoms with van der Waals surface area (Å²) in [6.45, 7) is 3.71. The molecule has 0 radical (unpaired) electrons. The van der Waals surface area contributed by atoms with Gasteiger partial charge in [0.05, 0.1) is 6.04 Å². The molecule has 0 aromatic carbocycles. The number of thiophene rings is 1. The van der Waals surface area contributed by atoms with Crippen molar-refractivity contribution in [2.75, 3.05) is 5.73 Å². The summed E-state index contributed by atoms with van der Waals surface area (Å²) >= 11 is 1.60. The van der Waals surface area contributed by atoms with Gasteiger partial charge < -0.3 is 11.1 Å². The Balaban J connectivity index is 2.12. The van der Waals surface area contributed by atoms with E-state index in [0.29, 0.717) is 11.4 Å². The minimum atomic E-state index is -0.242. The van der Waals surface area contributed by atoms with E-state index in [4.69, 9.17) is 5.73 Å². The van der Waals surface area contributed by atoms with Gasteiger partial charge in [0.1, 0.15) is 5.69 Å². The van der Waals surface area contributed by atoms with Crippen molar-refractivity contribution in [2.45, 2.75) is 19.9 Å². The van der Waals surface area contributed by atoms with Crippen molar-refractivity contribution in [1.82, 2.24) is 15.3 Å². The lowest BCUT2D eigenvalue weighted by Gasteiger charge is -2.12. The molecule has 0 spiro atoms. The predicted octanol–water partition coefficient (Wildman–Crippen LogP) is 1.92. The smallest absolute Gasteiger partial charge is 0.270 e. The maximum Gasteiger partial charge on any atom is 0.270 e. The number of hydrogen-bond acceptors (Lipinski definition) is 5. The fourth-order valence-corrected chi connectivity index (χ4v) is 2.32. The molecular weight excluding hydrogens is 248 g/mol. The highest BCUT2D eigenvalue weighted by Gasteiger charge is 2.14. The van der Waals surface area contributed by atoms with Crippen LogP contribution in [0.25, 0.3) is 0 Å². The van der Waals surface area contributed by atoms with Crippen LogP contribution in [0, 0.1) is 6.92 Å². The molecule has 0 aliphatic carbocycles. The van der Waals surface area contributed by atoms with Crippen molar-refractivity contribution in [3.8, 4) is 0 Å². The monoisotopic (exact) mass is 262 g/mol. The Morgan fingerprint density at radius 1 is 1.50 bits per heavy atom. The molecule has 2 aromatic rings. The largest absolute Gasteiger partial charge is 0.368 e. The average molecular weight is 262 g/mol. The number of aryl methyl sites for hydroxylation is 1. The molecule has 2 rings (SSSR count). The quantitative estimate of drug-likeness (QED) is 0.885. The summed E-state index contributed by atoms with van der Waals surface area (Å²) in [5, 5.41) is 4.86. The fraction of sp³-hybridized carbons (Fsp3) is 0.250. The second kappa shape index (κ2) is 5.14. The van der Waals surface area contributed by atoms with Crippen LogP contribution in [0.5, 0.6) is 0 Å². The van der Waals surface area contributed by atoms with Crippen molar-refractivity contribution >= 4 is 23.2 Å². The minimum absolute atomic E-state index is 0.0472. The minimum Gasteiger partial charge on any atom is -0.368 e. The van der Waals surface area contributed by atoms with E-state index in [2.05, 4.69) is 15.3 Å². The molecular formula is C12H14N4OS. The second-order valence-corrected chi connectivity index (χ2v) is 4.94. The number of aromatic nitrogens is 2. The van der Waals surface area contributed by atoms with E-state index >= 15 is 0 Å². The molecule has 18 heavy (non-hydrogen) atoms. The van der Waals surface area contributed by atoms with Crippen molar-refractivity contribution in [3.05, 3.63) is 39.8 Å². The third-order valence-corrected chi connectivity index (χ3v) is 3.48. The zero-order chi connectivity index (χ0) is 13.1. The first-order valence-electron chi connectivity index (χ1n) is 5.51. The van der Waals surface area contributed by atoms with Crippen LogP contribution in [0.4, 0.5) is 5.95 Å². The lowest BCUT2D eigenvalue weighted by molar-refractivity contribution is 0.0935. The van der Waals surface area contributed by atoms with Gasteiger partial charge in [0.25, 0.3) is 5.91 Å². The highest BCUT2D eigenvalue weighted by Crippen LogP contribution is 2.18. The van der Waals surface area contributed by atoms with Gasteiger partial charge in [-0.3, -0.25) is 4.79 Å². The Hall–Kier alpha value is -1.95. The number of nitrogens with zero attached hydrogens (tertiary/aromatic N) is 2. The van der Waals surface area contributed by atoms with E-state index in [9.17, 15) is 4.79 Å². The number of carbonyl (C=O) groups is 1. The molecule has 1 amide bonds. The molecule has 2 heterocycles. The van der Waals surface area contributed by atoms with Gasteiger partial charge in [0.2, 0.25) is 5.95 Å². The molecule has 1 atom stereocenters. The van der Waals surface area contributed by atoms with Crippen molar-refractivity contribution in [1.29, 1.82) is 0 Å². The van der Waals surface area contributed by atoms with Crippen molar-refractivity contribution < 1.29 is 4.79 Å². The van der Waals surface area contributed by atoms with Crippen LogP contribution in [-0.4, -0.2) is 15.9 Å². The molecule has 0 saturated carbocycles. The van der Waals surface area contributed by atoms with Crippen LogP contribution < -0.4 is 11.1 Å². The third kappa shape index (κ3) is 2.84. The Morgan fingerprint density at radius 3 is 2.89 bits per heavy atom. The molecule has 2 aromatic heterocycles. The number of rotatable bonds is 3. The summed E-state index contributed by atoms with van der Waals surface area (Å²) in [4.78, 5) is 21.0. The maximum absolute atomic E-state index is 12.0. The molecule has 0 aliphatic rings. The molecule has 3 N–H and O–H groups in total. The first-order valence-corrected chi connectivity index (χ1v) is 6.39.